The molecule has 39 heavy (non-hydrogen) atoms. The molecule has 0 aliphatic heterocycles. The van der Waals surface area contributed by atoms with Crippen LogP contribution in [0.25, 0.3) is 22.3 Å². The van der Waals surface area contributed by atoms with Gasteiger partial charge in [-0.25, -0.2) is 8.60 Å². The number of amides is 1. The Morgan fingerprint density at radius 3 is 2.54 bits per heavy atom. The summed E-state index contributed by atoms with van der Waals surface area (Å²) < 4.78 is 43.8. The van der Waals surface area contributed by atoms with E-state index >= 15 is 0 Å². The lowest BCUT2D eigenvalue weighted by atomic mass is 9.83. The Kier molecular flexibility index (Phi) is 7.85. The van der Waals surface area contributed by atoms with Crippen LogP contribution in [0.4, 0.5) is 10.1 Å². The molecule has 0 bridgehead atoms. The standard InChI is InChI=1S/C28H28BFN2O6S/c1-31-28(33)26-24-15-23(18-5-6-18)20(14-25(24)38-27(26)19-7-9-21(30)10-8-19)16-32(39(36)37)22-4-2-3-17(13-22)11-12-29(34)35/h2-4,7-10,13-15,18,34-35H,5-6,11-12,16H2,1H3,(H,31,33)(H,36,37). The third-order valence-electron chi connectivity index (χ3n) is 6.92. The predicted molar refractivity (Wildman–Crippen MR) is 149 cm³/mol. The molecule has 4 N–H and O–H groups in total. The van der Waals surface area contributed by atoms with Gasteiger partial charge in [-0.2, -0.15) is 0 Å². The van der Waals surface area contributed by atoms with Gasteiger partial charge in [0.05, 0.1) is 17.8 Å². The summed E-state index contributed by atoms with van der Waals surface area (Å²) in [6, 6.07) is 16.5. The van der Waals surface area contributed by atoms with Crippen LogP contribution in [-0.4, -0.2) is 38.9 Å². The molecule has 202 valence electrons. The number of hydrogen-bond acceptors (Lipinski definition) is 5. The van der Waals surface area contributed by atoms with Crippen molar-refractivity contribution < 1.29 is 32.4 Å². The lowest BCUT2D eigenvalue weighted by Gasteiger charge is -2.22. The second-order valence-electron chi connectivity index (χ2n) is 9.67. The first-order valence-corrected chi connectivity index (χ1v) is 13.7. The highest BCUT2D eigenvalue weighted by molar-refractivity contribution is 7.80. The van der Waals surface area contributed by atoms with Crippen LogP contribution in [0, 0.1) is 5.82 Å². The van der Waals surface area contributed by atoms with Gasteiger partial charge in [-0.05, 0) is 96.7 Å². The fraction of sp³-hybridized carbons (Fsp3) is 0.250. The van der Waals surface area contributed by atoms with Crippen LogP contribution in [0.1, 0.15) is 45.8 Å². The van der Waals surface area contributed by atoms with Crippen molar-refractivity contribution in [3.63, 3.8) is 0 Å². The first-order chi connectivity index (χ1) is 18.7. The van der Waals surface area contributed by atoms with E-state index in [1.54, 1.807) is 30.3 Å². The molecule has 4 aromatic rings. The van der Waals surface area contributed by atoms with Crippen LogP contribution in [0.15, 0.2) is 65.1 Å². The lowest BCUT2D eigenvalue weighted by Crippen LogP contribution is -2.25. The molecule has 1 aliphatic rings. The van der Waals surface area contributed by atoms with Crippen molar-refractivity contribution in [2.24, 2.45) is 0 Å². The maximum absolute atomic E-state index is 13.6. The molecule has 1 heterocycles. The van der Waals surface area contributed by atoms with Crippen molar-refractivity contribution in [1.82, 2.24) is 5.32 Å². The summed E-state index contributed by atoms with van der Waals surface area (Å²) in [5, 5.41) is 21.7. The minimum absolute atomic E-state index is 0.110. The molecule has 1 saturated carbocycles. The highest BCUT2D eigenvalue weighted by atomic mass is 32.2. The zero-order chi connectivity index (χ0) is 27.7. The summed E-state index contributed by atoms with van der Waals surface area (Å²) in [4.78, 5) is 13.0. The molecule has 5 rings (SSSR count). The summed E-state index contributed by atoms with van der Waals surface area (Å²) in [6.07, 6.45) is 2.49. The average Bonchev–Trinajstić information content (AvgIpc) is 3.70. The summed E-state index contributed by atoms with van der Waals surface area (Å²) in [5.74, 6) is -0.143. The van der Waals surface area contributed by atoms with E-state index in [0.29, 0.717) is 40.0 Å². The Morgan fingerprint density at radius 2 is 1.90 bits per heavy atom. The third-order valence-corrected chi connectivity index (χ3v) is 7.64. The van der Waals surface area contributed by atoms with Gasteiger partial charge in [0.25, 0.3) is 17.2 Å². The monoisotopic (exact) mass is 550 g/mol. The van der Waals surface area contributed by atoms with Crippen LogP contribution in [-0.2, 0) is 24.2 Å². The van der Waals surface area contributed by atoms with E-state index in [1.807, 2.05) is 18.2 Å². The van der Waals surface area contributed by atoms with Crippen LogP contribution in [0.5, 0.6) is 0 Å². The van der Waals surface area contributed by atoms with Gasteiger partial charge in [0.2, 0.25) is 0 Å². The summed E-state index contributed by atoms with van der Waals surface area (Å²) in [7, 11) is 0.104. The highest BCUT2D eigenvalue weighted by Crippen LogP contribution is 2.45. The van der Waals surface area contributed by atoms with Gasteiger partial charge in [0.1, 0.15) is 17.2 Å². The number of anilines is 1. The number of halogens is 1. The first-order valence-electron chi connectivity index (χ1n) is 12.7. The van der Waals surface area contributed by atoms with Gasteiger partial charge >= 0.3 is 7.12 Å². The Balaban J connectivity index is 1.58. The first kappa shape index (κ1) is 27.1. The van der Waals surface area contributed by atoms with E-state index in [9.17, 15) is 28.0 Å². The van der Waals surface area contributed by atoms with Crippen molar-refractivity contribution in [3.8, 4) is 11.3 Å². The molecule has 1 unspecified atom stereocenters. The topological polar surface area (TPSA) is 123 Å². The number of aryl methyl sites for hydroxylation is 1. The van der Waals surface area contributed by atoms with E-state index < -0.39 is 24.2 Å². The zero-order valence-electron chi connectivity index (χ0n) is 21.3. The normalized spacial score (nSPS) is 13.9. The molecule has 1 fully saturated rings. The van der Waals surface area contributed by atoms with E-state index in [1.165, 1.54) is 23.5 Å². The Hall–Kier alpha value is -3.51. The number of furan rings is 1. The molecule has 11 heteroatoms. The van der Waals surface area contributed by atoms with E-state index in [4.69, 9.17) is 4.42 Å². The number of nitrogens with one attached hydrogen (secondary N) is 1. The minimum atomic E-state index is -2.35. The molecule has 8 nitrogen and oxygen atoms in total. The van der Waals surface area contributed by atoms with Crippen LogP contribution in [0.2, 0.25) is 6.32 Å². The largest absolute Gasteiger partial charge is 0.455 e. The second kappa shape index (κ2) is 11.3. The van der Waals surface area contributed by atoms with Gasteiger partial charge in [0.15, 0.2) is 0 Å². The third kappa shape index (κ3) is 5.91. The average molecular weight is 550 g/mol. The van der Waals surface area contributed by atoms with Gasteiger partial charge in [-0.1, -0.05) is 12.1 Å². The molecular formula is C28H28BFN2O6S. The number of carbonyl (C=O) groups excluding carboxylic acids is 1. The number of nitrogens with zero attached hydrogens (tertiary/aromatic N) is 1. The van der Waals surface area contributed by atoms with Crippen LogP contribution < -0.4 is 9.62 Å². The van der Waals surface area contributed by atoms with Crippen LogP contribution >= 0.6 is 0 Å². The fourth-order valence-corrected chi connectivity index (χ4v) is 5.37. The van der Waals surface area contributed by atoms with Crippen molar-refractivity contribution in [3.05, 3.63) is 88.7 Å². The molecule has 1 atom stereocenters. The summed E-state index contributed by atoms with van der Waals surface area (Å²) in [6.45, 7) is 0.110. The van der Waals surface area contributed by atoms with Crippen molar-refractivity contribution in [1.29, 1.82) is 0 Å². The Morgan fingerprint density at radius 1 is 1.15 bits per heavy atom. The summed E-state index contributed by atoms with van der Waals surface area (Å²) in [5.41, 5.74) is 4.46. The highest BCUT2D eigenvalue weighted by Gasteiger charge is 2.30. The Bertz CT molecular complexity index is 1540. The Labute approximate surface area is 228 Å². The minimum Gasteiger partial charge on any atom is -0.455 e. The zero-order valence-corrected chi connectivity index (χ0v) is 22.1. The number of benzene rings is 3. The van der Waals surface area contributed by atoms with Crippen molar-refractivity contribution in [2.75, 3.05) is 11.4 Å². The molecule has 1 amide bonds. The second-order valence-corrected chi connectivity index (χ2v) is 10.6. The number of rotatable bonds is 10. The smallest absolute Gasteiger partial charge is 0.451 e. The molecule has 3 aromatic carbocycles. The van der Waals surface area contributed by atoms with E-state index in [0.717, 1.165) is 29.5 Å². The van der Waals surface area contributed by atoms with Crippen LogP contribution in [0.3, 0.4) is 0 Å². The predicted octanol–water partition coefficient (Wildman–Crippen LogP) is 4.63. The molecule has 0 saturated heterocycles. The van der Waals surface area contributed by atoms with Gasteiger partial charge in [-0.15, -0.1) is 0 Å². The molecule has 0 radical (unpaired) electrons. The molecule has 1 aliphatic carbocycles. The number of fused-ring (bicyclic) bond motifs is 1. The maximum Gasteiger partial charge on any atom is 0.451 e. The number of carbonyl (C=O) groups is 1. The fourth-order valence-electron chi connectivity index (χ4n) is 4.82. The number of hydrogen-bond donors (Lipinski definition) is 4. The van der Waals surface area contributed by atoms with Crippen molar-refractivity contribution >= 4 is 40.9 Å². The van der Waals surface area contributed by atoms with E-state index in [-0.39, 0.29) is 24.7 Å². The molecule has 1 aromatic heterocycles. The SMILES string of the molecule is CNC(=O)c1c(-c2ccc(F)cc2)oc2cc(CN(c3cccc(CCB(O)O)c3)S(=O)O)c(C3CC3)cc12. The molecular weight excluding hydrogens is 522 g/mol. The lowest BCUT2D eigenvalue weighted by molar-refractivity contribution is 0.0964. The summed E-state index contributed by atoms with van der Waals surface area (Å²) >= 11 is -2.35. The maximum atomic E-state index is 13.6. The van der Waals surface area contributed by atoms with Crippen molar-refractivity contribution in [2.45, 2.75) is 38.0 Å². The van der Waals surface area contributed by atoms with Gasteiger partial charge < -0.3 is 19.8 Å². The van der Waals surface area contributed by atoms with Gasteiger partial charge in [-0.3, -0.25) is 13.7 Å². The molecule has 0 spiro atoms. The van der Waals surface area contributed by atoms with E-state index in [2.05, 4.69) is 5.32 Å². The van der Waals surface area contributed by atoms with Gasteiger partial charge in [0, 0.05) is 18.0 Å². The quantitative estimate of drug-likeness (QED) is 0.169.